The molecular formula is C21H17ClN4O3. The highest BCUT2D eigenvalue weighted by Crippen LogP contribution is 2.31. The van der Waals surface area contributed by atoms with E-state index in [0.717, 1.165) is 0 Å². The zero-order chi connectivity index (χ0) is 20.2. The first-order valence-corrected chi connectivity index (χ1v) is 9.37. The van der Waals surface area contributed by atoms with Gasteiger partial charge in [0.2, 0.25) is 17.7 Å². The van der Waals surface area contributed by atoms with Gasteiger partial charge in [0.05, 0.1) is 22.8 Å². The molecule has 1 aliphatic heterocycles. The number of carbonyl (C=O) groups excluding carboxylic acids is 2. The summed E-state index contributed by atoms with van der Waals surface area (Å²) in [6.07, 6.45) is 4.71. The Labute approximate surface area is 172 Å². The van der Waals surface area contributed by atoms with Crippen LogP contribution >= 0.6 is 11.6 Å². The van der Waals surface area contributed by atoms with Crippen LogP contribution in [-0.4, -0.2) is 28.3 Å². The van der Waals surface area contributed by atoms with Gasteiger partial charge in [0, 0.05) is 37.1 Å². The van der Waals surface area contributed by atoms with Crippen LogP contribution in [-0.2, 0) is 9.59 Å². The number of benzene rings is 2. The second-order valence-corrected chi connectivity index (χ2v) is 6.93. The van der Waals surface area contributed by atoms with Gasteiger partial charge in [-0.2, -0.15) is 0 Å². The molecule has 2 amide bonds. The number of para-hydroxylation sites is 1. The molecule has 146 valence electrons. The van der Waals surface area contributed by atoms with Gasteiger partial charge >= 0.3 is 0 Å². The van der Waals surface area contributed by atoms with Crippen molar-refractivity contribution in [3.8, 4) is 11.6 Å². The molecule has 4 rings (SSSR count). The summed E-state index contributed by atoms with van der Waals surface area (Å²) in [6.45, 7) is 0.282. The Hall–Kier alpha value is -3.45. The predicted molar refractivity (Wildman–Crippen MR) is 109 cm³/mol. The average molecular weight is 409 g/mol. The number of hydrogen-bond acceptors (Lipinski definition) is 5. The second-order valence-electron chi connectivity index (χ2n) is 6.52. The van der Waals surface area contributed by atoms with Gasteiger partial charge in [0.25, 0.3) is 0 Å². The first kappa shape index (κ1) is 18.9. The number of amides is 2. The van der Waals surface area contributed by atoms with Crippen molar-refractivity contribution in [1.29, 1.82) is 0 Å². The summed E-state index contributed by atoms with van der Waals surface area (Å²) in [5.41, 5.74) is 1.19. The van der Waals surface area contributed by atoms with E-state index < -0.39 is 5.92 Å². The molecule has 1 saturated heterocycles. The highest BCUT2D eigenvalue weighted by atomic mass is 35.5. The van der Waals surface area contributed by atoms with E-state index in [1.165, 1.54) is 12.4 Å². The standard InChI is InChI=1S/C21H17ClN4O3/c22-17-6-1-2-7-18(17)26-13-14(10-20(26)27)21(28)25-15-4-3-5-16(11-15)29-19-12-23-8-9-24-19/h1-9,11-12,14H,10,13H2,(H,25,28). The Morgan fingerprint density at radius 1 is 1.17 bits per heavy atom. The fraction of sp³-hybridized carbons (Fsp3) is 0.143. The van der Waals surface area contributed by atoms with Gasteiger partial charge in [-0.15, -0.1) is 0 Å². The van der Waals surface area contributed by atoms with Crippen LogP contribution in [0.4, 0.5) is 11.4 Å². The average Bonchev–Trinajstić information content (AvgIpc) is 3.11. The van der Waals surface area contributed by atoms with Gasteiger partial charge in [-0.05, 0) is 24.3 Å². The Kier molecular flexibility index (Phi) is 5.39. The highest BCUT2D eigenvalue weighted by Gasteiger charge is 2.35. The number of hydrogen-bond donors (Lipinski definition) is 1. The van der Waals surface area contributed by atoms with Crippen molar-refractivity contribution in [2.45, 2.75) is 6.42 Å². The van der Waals surface area contributed by atoms with Crippen LogP contribution in [0, 0.1) is 5.92 Å². The topological polar surface area (TPSA) is 84.4 Å². The van der Waals surface area contributed by atoms with Crippen molar-refractivity contribution in [3.05, 3.63) is 72.1 Å². The van der Waals surface area contributed by atoms with E-state index in [-0.39, 0.29) is 24.8 Å². The van der Waals surface area contributed by atoms with Crippen LogP contribution in [0.2, 0.25) is 5.02 Å². The first-order chi connectivity index (χ1) is 14.1. The number of anilines is 2. The number of nitrogens with zero attached hydrogens (tertiary/aromatic N) is 3. The number of ether oxygens (including phenoxy) is 1. The van der Waals surface area contributed by atoms with Crippen molar-refractivity contribution in [2.24, 2.45) is 5.92 Å². The lowest BCUT2D eigenvalue weighted by atomic mass is 10.1. The highest BCUT2D eigenvalue weighted by molar-refractivity contribution is 6.33. The lowest BCUT2D eigenvalue weighted by molar-refractivity contribution is -0.122. The second kappa shape index (κ2) is 8.28. The van der Waals surface area contributed by atoms with Crippen molar-refractivity contribution in [1.82, 2.24) is 9.97 Å². The van der Waals surface area contributed by atoms with Crippen molar-refractivity contribution >= 4 is 34.8 Å². The Morgan fingerprint density at radius 3 is 2.83 bits per heavy atom. The molecule has 0 radical (unpaired) electrons. The van der Waals surface area contributed by atoms with E-state index in [1.54, 1.807) is 53.6 Å². The molecule has 3 aromatic rings. The van der Waals surface area contributed by atoms with E-state index in [1.807, 2.05) is 6.07 Å². The molecule has 0 bridgehead atoms. The molecule has 29 heavy (non-hydrogen) atoms. The van der Waals surface area contributed by atoms with Gasteiger partial charge in [-0.25, -0.2) is 4.98 Å². The van der Waals surface area contributed by atoms with Crippen molar-refractivity contribution < 1.29 is 14.3 Å². The fourth-order valence-electron chi connectivity index (χ4n) is 3.13. The minimum absolute atomic E-state index is 0.127. The third-order valence-corrected chi connectivity index (χ3v) is 4.82. The Bertz CT molecular complexity index is 1040. The molecule has 2 heterocycles. The maximum absolute atomic E-state index is 12.7. The van der Waals surface area contributed by atoms with Crippen LogP contribution in [0.1, 0.15) is 6.42 Å². The monoisotopic (exact) mass is 408 g/mol. The molecule has 0 spiro atoms. The molecule has 1 aromatic heterocycles. The van der Waals surface area contributed by atoms with Crippen LogP contribution in [0.25, 0.3) is 0 Å². The smallest absolute Gasteiger partial charge is 0.237 e. The number of carbonyl (C=O) groups is 2. The summed E-state index contributed by atoms with van der Waals surface area (Å²) in [5, 5.41) is 3.33. The molecule has 1 N–H and O–H groups in total. The predicted octanol–water partition coefficient (Wildman–Crippen LogP) is 3.91. The minimum atomic E-state index is -0.469. The summed E-state index contributed by atoms with van der Waals surface area (Å²) in [7, 11) is 0. The third kappa shape index (κ3) is 4.35. The van der Waals surface area contributed by atoms with E-state index >= 15 is 0 Å². The summed E-state index contributed by atoms with van der Waals surface area (Å²) in [5.74, 6) is 0.0436. The van der Waals surface area contributed by atoms with Crippen LogP contribution in [0.5, 0.6) is 11.6 Å². The van der Waals surface area contributed by atoms with Gasteiger partial charge in [-0.3, -0.25) is 14.6 Å². The lowest BCUT2D eigenvalue weighted by Crippen LogP contribution is -2.28. The zero-order valence-corrected chi connectivity index (χ0v) is 16.0. The number of aromatic nitrogens is 2. The van der Waals surface area contributed by atoms with Crippen LogP contribution < -0.4 is 15.0 Å². The SMILES string of the molecule is O=C(Nc1cccc(Oc2cnccn2)c1)C1CC(=O)N(c2ccccc2Cl)C1. The molecule has 1 fully saturated rings. The van der Waals surface area contributed by atoms with Gasteiger partial charge in [0.15, 0.2) is 0 Å². The molecule has 1 atom stereocenters. The Morgan fingerprint density at radius 2 is 2.03 bits per heavy atom. The summed E-state index contributed by atoms with van der Waals surface area (Å²) >= 11 is 6.19. The van der Waals surface area contributed by atoms with Crippen molar-refractivity contribution in [2.75, 3.05) is 16.8 Å². The number of halogens is 1. The zero-order valence-electron chi connectivity index (χ0n) is 15.3. The molecule has 1 unspecified atom stereocenters. The largest absolute Gasteiger partial charge is 0.437 e. The number of nitrogens with one attached hydrogen (secondary N) is 1. The minimum Gasteiger partial charge on any atom is -0.437 e. The van der Waals surface area contributed by atoms with Crippen LogP contribution in [0.15, 0.2) is 67.1 Å². The molecular weight excluding hydrogens is 392 g/mol. The van der Waals surface area contributed by atoms with E-state index in [9.17, 15) is 9.59 Å². The van der Waals surface area contributed by atoms with Gasteiger partial charge in [0.1, 0.15) is 5.75 Å². The number of rotatable bonds is 5. The van der Waals surface area contributed by atoms with Crippen molar-refractivity contribution in [3.63, 3.8) is 0 Å². The quantitative estimate of drug-likeness (QED) is 0.691. The molecule has 0 saturated carbocycles. The van der Waals surface area contributed by atoms with Gasteiger partial charge < -0.3 is 15.0 Å². The van der Waals surface area contributed by atoms with E-state index in [4.69, 9.17) is 16.3 Å². The third-order valence-electron chi connectivity index (χ3n) is 4.50. The fourth-order valence-corrected chi connectivity index (χ4v) is 3.36. The molecule has 2 aromatic carbocycles. The summed E-state index contributed by atoms with van der Waals surface area (Å²) in [6, 6.07) is 14.1. The molecule has 0 aliphatic carbocycles. The maximum Gasteiger partial charge on any atom is 0.237 e. The van der Waals surface area contributed by atoms with E-state index in [2.05, 4.69) is 15.3 Å². The molecule has 1 aliphatic rings. The van der Waals surface area contributed by atoms with E-state index in [0.29, 0.717) is 28.0 Å². The van der Waals surface area contributed by atoms with Crippen LogP contribution in [0.3, 0.4) is 0 Å². The first-order valence-electron chi connectivity index (χ1n) is 9.00. The molecule has 7 nitrogen and oxygen atoms in total. The van der Waals surface area contributed by atoms with Gasteiger partial charge in [-0.1, -0.05) is 29.8 Å². The Balaban J connectivity index is 1.43. The maximum atomic E-state index is 12.7. The summed E-state index contributed by atoms with van der Waals surface area (Å²) < 4.78 is 5.63. The lowest BCUT2D eigenvalue weighted by Gasteiger charge is -2.18. The summed E-state index contributed by atoms with van der Waals surface area (Å²) in [4.78, 5) is 34.7. The normalized spacial score (nSPS) is 16.0. The molecule has 8 heteroatoms.